The summed E-state index contributed by atoms with van der Waals surface area (Å²) in [6.07, 6.45) is 3.42. The molecule has 0 saturated carbocycles. The first kappa shape index (κ1) is 20.7. The summed E-state index contributed by atoms with van der Waals surface area (Å²) in [5.41, 5.74) is 3.47. The van der Waals surface area contributed by atoms with E-state index in [1.54, 1.807) is 7.11 Å². The molecule has 0 spiro atoms. The summed E-state index contributed by atoms with van der Waals surface area (Å²) in [4.78, 5) is 7.33. The number of nitrogens with zero attached hydrogens (tertiary/aromatic N) is 4. The number of likely N-dealkylation sites (tertiary alicyclic amines) is 1. The Hall–Kier alpha value is -1.60. The fourth-order valence-corrected chi connectivity index (χ4v) is 3.45. The summed E-state index contributed by atoms with van der Waals surface area (Å²) in [6.45, 7) is 12.1. The molecular weight excluding hydrogens is 328 g/mol. The van der Waals surface area contributed by atoms with Crippen LogP contribution in [-0.2, 0) is 18.3 Å². The third kappa shape index (κ3) is 5.99. The molecule has 1 aliphatic rings. The van der Waals surface area contributed by atoms with E-state index in [0.717, 1.165) is 63.7 Å². The zero-order valence-corrected chi connectivity index (χ0v) is 17.1. The zero-order valence-electron chi connectivity index (χ0n) is 17.1. The second-order valence-electron chi connectivity index (χ2n) is 7.07. The molecule has 0 bridgehead atoms. The number of aryl methyl sites for hydroxylation is 2. The number of methoxy groups -OCH3 is 1. The first-order valence-electron chi connectivity index (χ1n) is 9.80. The molecule has 1 saturated heterocycles. The number of ether oxygens (including phenoxy) is 1. The van der Waals surface area contributed by atoms with Gasteiger partial charge in [-0.15, -0.1) is 0 Å². The molecule has 2 heterocycles. The number of hydrogen-bond donors (Lipinski definition) is 2. The Kier molecular flexibility index (Phi) is 8.38. The number of piperidine rings is 1. The van der Waals surface area contributed by atoms with Crippen LogP contribution in [-0.4, -0.2) is 66.6 Å². The van der Waals surface area contributed by atoms with Crippen molar-refractivity contribution in [3.63, 3.8) is 0 Å². The molecule has 2 rings (SSSR count). The topological polar surface area (TPSA) is 66.7 Å². The first-order valence-corrected chi connectivity index (χ1v) is 9.80. The van der Waals surface area contributed by atoms with Crippen LogP contribution in [0.2, 0.25) is 0 Å². The summed E-state index contributed by atoms with van der Waals surface area (Å²) in [5.74, 6) is 0.910. The van der Waals surface area contributed by atoms with Crippen molar-refractivity contribution in [2.75, 3.05) is 39.9 Å². The van der Waals surface area contributed by atoms with Gasteiger partial charge in [-0.1, -0.05) is 0 Å². The summed E-state index contributed by atoms with van der Waals surface area (Å²) in [5, 5.41) is 11.5. The van der Waals surface area contributed by atoms with Gasteiger partial charge in [0.05, 0.1) is 12.2 Å². The lowest BCUT2D eigenvalue weighted by atomic mass is 10.1. The lowest BCUT2D eigenvalue weighted by Crippen LogP contribution is -2.48. The molecule has 0 unspecified atom stereocenters. The molecule has 1 aromatic heterocycles. The van der Waals surface area contributed by atoms with Crippen LogP contribution in [0, 0.1) is 13.8 Å². The van der Waals surface area contributed by atoms with E-state index in [1.807, 2.05) is 11.7 Å². The normalized spacial score (nSPS) is 16.9. The molecule has 7 heteroatoms. The Morgan fingerprint density at radius 2 is 2.04 bits per heavy atom. The van der Waals surface area contributed by atoms with E-state index in [-0.39, 0.29) is 0 Å². The SMILES string of the molecule is CCNC(=NCc1c(C)nn(C)c1C)NC1CCN(CCCOC)CC1. The molecule has 0 atom stereocenters. The largest absolute Gasteiger partial charge is 0.385 e. The van der Waals surface area contributed by atoms with Crippen LogP contribution in [0.4, 0.5) is 0 Å². The Morgan fingerprint density at radius 3 is 2.62 bits per heavy atom. The van der Waals surface area contributed by atoms with Crippen molar-refractivity contribution >= 4 is 5.96 Å². The van der Waals surface area contributed by atoms with Crippen molar-refractivity contribution in [1.29, 1.82) is 0 Å². The molecular formula is C19H36N6O. The Balaban J connectivity index is 1.86. The van der Waals surface area contributed by atoms with Crippen molar-refractivity contribution in [3.8, 4) is 0 Å². The van der Waals surface area contributed by atoms with Gasteiger partial charge in [-0.3, -0.25) is 4.68 Å². The second-order valence-corrected chi connectivity index (χ2v) is 7.07. The molecule has 1 aromatic rings. The molecule has 0 aliphatic carbocycles. The summed E-state index contributed by atoms with van der Waals surface area (Å²) in [7, 11) is 3.76. The Bertz CT molecular complexity index is 575. The molecule has 148 valence electrons. The van der Waals surface area contributed by atoms with Gasteiger partial charge in [0.1, 0.15) is 0 Å². The minimum absolute atomic E-state index is 0.488. The van der Waals surface area contributed by atoms with Crippen molar-refractivity contribution in [1.82, 2.24) is 25.3 Å². The van der Waals surface area contributed by atoms with Gasteiger partial charge < -0.3 is 20.3 Å². The highest BCUT2D eigenvalue weighted by molar-refractivity contribution is 5.80. The van der Waals surface area contributed by atoms with Gasteiger partial charge >= 0.3 is 0 Å². The number of rotatable bonds is 8. The average Bonchev–Trinajstić information content (AvgIpc) is 2.87. The minimum atomic E-state index is 0.488. The molecule has 26 heavy (non-hydrogen) atoms. The van der Waals surface area contributed by atoms with Crippen molar-refractivity contribution < 1.29 is 4.74 Å². The highest BCUT2D eigenvalue weighted by Crippen LogP contribution is 2.14. The van der Waals surface area contributed by atoms with Crippen LogP contribution in [0.15, 0.2) is 4.99 Å². The molecule has 0 amide bonds. The third-order valence-corrected chi connectivity index (χ3v) is 5.15. The number of hydrogen-bond acceptors (Lipinski definition) is 4. The highest BCUT2D eigenvalue weighted by atomic mass is 16.5. The van der Waals surface area contributed by atoms with Gasteiger partial charge in [-0.05, 0) is 40.0 Å². The lowest BCUT2D eigenvalue weighted by molar-refractivity contribution is 0.155. The molecule has 0 radical (unpaired) electrons. The number of aromatic nitrogens is 2. The van der Waals surface area contributed by atoms with Crippen LogP contribution in [0.25, 0.3) is 0 Å². The van der Waals surface area contributed by atoms with Gasteiger partial charge in [-0.25, -0.2) is 4.99 Å². The van der Waals surface area contributed by atoms with Crippen LogP contribution in [0.5, 0.6) is 0 Å². The van der Waals surface area contributed by atoms with E-state index in [2.05, 4.69) is 41.4 Å². The highest BCUT2D eigenvalue weighted by Gasteiger charge is 2.19. The van der Waals surface area contributed by atoms with Crippen molar-refractivity contribution in [2.45, 2.75) is 52.6 Å². The van der Waals surface area contributed by atoms with E-state index in [9.17, 15) is 0 Å². The van der Waals surface area contributed by atoms with Crippen LogP contribution in [0.3, 0.4) is 0 Å². The van der Waals surface area contributed by atoms with E-state index >= 15 is 0 Å². The zero-order chi connectivity index (χ0) is 18.9. The van der Waals surface area contributed by atoms with E-state index < -0.39 is 0 Å². The first-order chi connectivity index (χ1) is 12.5. The van der Waals surface area contributed by atoms with E-state index in [4.69, 9.17) is 9.73 Å². The van der Waals surface area contributed by atoms with Gasteiger partial charge in [0, 0.05) is 64.2 Å². The minimum Gasteiger partial charge on any atom is -0.385 e. The lowest BCUT2D eigenvalue weighted by Gasteiger charge is -2.33. The van der Waals surface area contributed by atoms with Gasteiger partial charge in [-0.2, -0.15) is 5.10 Å². The molecule has 1 fully saturated rings. The van der Waals surface area contributed by atoms with Gasteiger partial charge in [0.25, 0.3) is 0 Å². The number of nitrogens with one attached hydrogen (secondary N) is 2. The maximum absolute atomic E-state index is 5.15. The van der Waals surface area contributed by atoms with Crippen LogP contribution < -0.4 is 10.6 Å². The summed E-state index contributed by atoms with van der Waals surface area (Å²) >= 11 is 0. The van der Waals surface area contributed by atoms with Gasteiger partial charge in [0.15, 0.2) is 5.96 Å². The predicted molar refractivity (Wildman–Crippen MR) is 107 cm³/mol. The predicted octanol–water partition coefficient (Wildman–Crippen LogP) is 1.59. The molecule has 0 aromatic carbocycles. The van der Waals surface area contributed by atoms with Crippen LogP contribution >= 0.6 is 0 Å². The van der Waals surface area contributed by atoms with Crippen LogP contribution in [0.1, 0.15) is 43.1 Å². The van der Waals surface area contributed by atoms with Crippen molar-refractivity contribution in [3.05, 3.63) is 17.0 Å². The van der Waals surface area contributed by atoms with E-state index in [0.29, 0.717) is 12.6 Å². The average molecular weight is 365 g/mol. The van der Waals surface area contributed by atoms with E-state index in [1.165, 1.54) is 11.3 Å². The van der Waals surface area contributed by atoms with Gasteiger partial charge in [0.2, 0.25) is 0 Å². The maximum atomic E-state index is 5.15. The second kappa shape index (κ2) is 10.5. The quantitative estimate of drug-likeness (QED) is 0.417. The Labute approximate surface area is 158 Å². The standard InChI is InChI=1S/C19H36N6O/c1-6-20-19(21-14-18-15(2)23-24(4)16(18)3)22-17-8-11-25(12-9-17)10-7-13-26-5/h17H,6-14H2,1-5H3,(H2,20,21,22). The molecule has 1 aliphatic heterocycles. The maximum Gasteiger partial charge on any atom is 0.191 e. The smallest absolute Gasteiger partial charge is 0.191 e. The summed E-state index contributed by atoms with van der Waals surface area (Å²) in [6, 6.07) is 0.488. The monoisotopic (exact) mass is 364 g/mol. The number of aliphatic imine (C=N–C) groups is 1. The molecule has 7 nitrogen and oxygen atoms in total. The molecule has 2 N–H and O–H groups in total. The fourth-order valence-electron chi connectivity index (χ4n) is 3.45. The third-order valence-electron chi connectivity index (χ3n) is 5.15. The summed E-state index contributed by atoms with van der Waals surface area (Å²) < 4.78 is 7.08. The van der Waals surface area contributed by atoms with Crippen molar-refractivity contribution in [2.24, 2.45) is 12.0 Å². The Morgan fingerprint density at radius 1 is 1.31 bits per heavy atom. The fraction of sp³-hybridized carbons (Fsp3) is 0.789. The number of guanidine groups is 1.